The number of rotatable bonds is 9. The molecule has 0 atom stereocenters. The van der Waals surface area contributed by atoms with E-state index in [1.807, 2.05) is 39.8 Å². The standard InChI is InChI=1S/C24H28ClN5O3S/c1-5-33-22-15(3)11-18(12-16(22)4)27-24-26-13-20(25)23(29-24)28-21-9-6-17(10-14(21)2)30-34(31,32)19-7-8-19/h6,9-13,19,30H,5,7-8H2,1-4H3,(H2,26,27,28,29). The van der Waals surface area contributed by atoms with Gasteiger partial charge >= 0.3 is 0 Å². The van der Waals surface area contributed by atoms with E-state index in [-0.39, 0.29) is 5.25 Å². The van der Waals surface area contributed by atoms with Gasteiger partial charge in [-0.1, -0.05) is 11.6 Å². The van der Waals surface area contributed by atoms with Crippen molar-refractivity contribution in [3.63, 3.8) is 0 Å². The molecular weight excluding hydrogens is 474 g/mol. The molecule has 0 aliphatic heterocycles. The monoisotopic (exact) mass is 501 g/mol. The number of sulfonamides is 1. The summed E-state index contributed by atoms with van der Waals surface area (Å²) in [6.45, 7) is 8.45. The lowest BCUT2D eigenvalue weighted by Gasteiger charge is -2.15. The number of benzene rings is 2. The maximum Gasteiger partial charge on any atom is 0.235 e. The topological polar surface area (TPSA) is 105 Å². The molecule has 1 fully saturated rings. The van der Waals surface area contributed by atoms with Gasteiger partial charge < -0.3 is 15.4 Å². The van der Waals surface area contributed by atoms with E-state index in [0.29, 0.717) is 41.9 Å². The van der Waals surface area contributed by atoms with Gasteiger partial charge in [-0.3, -0.25) is 4.72 Å². The Kier molecular flexibility index (Phi) is 6.86. The first kappa shape index (κ1) is 24.1. The fourth-order valence-electron chi connectivity index (χ4n) is 3.66. The minimum atomic E-state index is -3.31. The number of ether oxygens (including phenoxy) is 1. The van der Waals surface area contributed by atoms with Crippen molar-refractivity contribution in [1.82, 2.24) is 9.97 Å². The molecule has 0 amide bonds. The van der Waals surface area contributed by atoms with E-state index in [4.69, 9.17) is 16.3 Å². The van der Waals surface area contributed by atoms with Crippen LogP contribution in [0.15, 0.2) is 36.5 Å². The van der Waals surface area contributed by atoms with Crippen molar-refractivity contribution in [2.24, 2.45) is 0 Å². The molecule has 1 heterocycles. The molecule has 0 radical (unpaired) electrons. The van der Waals surface area contributed by atoms with E-state index in [1.165, 1.54) is 6.20 Å². The largest absolute Gasteiger partial charge is 0.493 e. The lowest BCUT2D eigenvalue weighted by atomic mass is 10.1. The zero-order valence-corrected chi connectivity index (χ0v) is 21.1. The van der Waals surface area contributed by atoms with Gasteiger partial charge in [-0.25, -0.2) is 13.4 Å². The number of hydrogen-bond donors (Lipinski definition) is 3. The van der Waals surface area contributed by atoms with Crippen LogP contribution in [-0.2, 0) is 10.0 Å². The number of aryl methyl sites for hydroxylation is 3. The van der Waals surface area contributed by atoms with Crippen LogP contribution in [0, 0.1) is 20.8 Å². The predicted octanol–water partition coefficient (Wildman–Crippen LogP) is 5.85. The third-order valence-corrected chi connectivity index (χ3v) is 7.60. The summed E-state index contributed by atoms with van der Waals surface area (Å²) >= 11 is 6.34. The fourth-order valence-corrected chi connectivity index (χ4v) is 5.18. The van der Waals surface area contributed by atoms with Crippen molar-refractivity contribution in [3.05, 3.63) is 58.2 Å². The molecule has 1 aliphatic carbocycles. The van der Waals surface area contributed by atoms with Crippen LogP contribution in [0.4, 0.5) is 28.8 Å². The number of hydrogen-bond acceptors (Lipinski definition) is 7. The van der Waals surface area contributed by atoms with Gasteiger partial charge in [0.2, 0.25) is 16.0 Å². The predicted molar refractivity (Wildman–Crippen MR) is 137 cm³/mol. The normalized spacial score (nSPS) is 13.4. The Balaban J connectivity index is 1.51. The van der Waals surface area contributed by atoms with Crippen molar-refractivity contribution in [2.75, 3.05) is 22.0 Å². The Bertz CT molecular complexity index is 1300. The van der Waals surface area contributed by atoms with Gasteiger partial charge in [-0.2, -0.15) is 4.98 Å². The number of anilines is 5. The Morgan fingerprint density at radius 1 is 1.03 bits per heavy atom. The van der Waals surface area contributed by atoms with Gasteiger partial charge in [0.1, 0.15) is 10.8 Å². The van der Waals surface area contributed by atoms with E-state index in [9.17, 15) is 8.42 Å². The fraction of sp³-hybridized carbons (Fsp3) is 0.333. The Morgan fingerprint density at radius 3 is 2.32 bits per heavy atom. The van der Waals surface area contributed by atoms with Gasteiger partial charge in [0.05, 0.1) is 18.1 Å². The van der Waals surface area contributed by atoms with Crippen LogP contribution in [0.1, 0.15) is 36.5 Å². The second kappa shape index (κ2) is 9.68. The van der Waals surface area contributed by atoms with Crippen molar-refractivity contribution >= 4 is 50.5 Å². The van der Waals surface area contributed by atoms with Crippen LogP contribution in [0.2, 0.25) is 5.02 Å². The minimum absolute atomic E-state index is 0.278. The summed E-state index contributed by atoms with van der Waals surface area (Å²) in [5.74, 6) is 1.71. The van der Waals surface area contributed by atoms with E-state index in [0.717, 1.165) is 33.8 Å². The number of nitrogens with zero attached hydrogens (tertiary/aromatic N) is 2. The SMILES string of the molecule is CCOc1c(C)cc(Nc2ncc(Cl)c(Nc3ccc(NS(=O)(=O)C4CC4)cc3C)n2)cc1C. The Hall–Kier alpha value is -3.04. The van der Waals surface area contributed by atoms with Gasteiger partial charge in [-0.15, -0.1) is 0 Å². The van der Waals surface area contributed by atoms with E-state index < -0.39 is 10.0 Å². The first-order valence-electron chi connectivity index (χ1n) is 11.1. The highest BCUT2D eigenvalue weighted by Gasteiger charge is 2.35. The Labute approximate surface area is 205 Å². The van der Waals surface area contributed by atoms with Crippen LogP contribution >= 0.6 is 11.6 Å². The molecule has 34 heavy (non-hydrogen) atoms. The Morgan fingerprint density at radius 2 is 1.71 bits per heavy atom. The average Bonchev–Trinajstić information content (AvgIpc) is 3.61. The second-order valence-electron chi connectivity index (χ2n) is 8.39. The molecule has 10 heteroatoms. The molecule has 0 spiro atoms. The molecule has 4 rings (SSSR count). The summed E-state index contributed by atoms with van der Waals surface area (Å²) in [6.07, 6.45) is 2.96. The van der Waals surface area contributed by atoms with E-state index in [1.54, 1.807) is 18.2 Å². The van der Waals surface area contributed by atoms with E-state index >= 15 is 0 Å². The molecule has 0 saturated heterocycles. The summed E-state index contributed by atoms with van der Waals surface area (Å²) in [6, 6.07) is 9.26. The summed E-state index contributed by atoms with van der Waals surface area (Å²) in [4.78, 5) is 8.82. The molecule has 1 aromatic heterocycles. The van der Waals surface area contributed by atoms with Gasteiger partial charge in [0, 0.05) is 17.1 Å². The van der Waals surface area contributed by atoms with Crippen LogP contribution < -0.4 is 20.1 Å². The highest BCUT2D eigenvalue weighted by Crippen LogP contribution is 2.32. The number of nitrogens with one attached hydrogen (secondary N) is 3. The third-order valence-electron chi connectivity index (χ3n) is 5.45. The molecule has 1 saturated carbocycles. The molecule has 3 N–H and O–H groups in total. The van der Waals surface area contributed by atoms with Crippen LogP contribution in [-0.4, -0.2) is 30.2 Å². The molecule has 1 aliphatic rings. The smallest absolute Gasteiger partial charge is 0.235 e. The lowest BCUT2D eigenvalue weighted by molar-refractivity contribution is 0.335. The molecule has 8 nitrogen and oxygen atoms in total. The average molecular weight is 502 g/mol. The van der Waals surface area contributed by atoms with Crippen LogP contribution in [0.5, 0.6) is 5.75 Å². The molecular formula is C24H28ClN5O3S. The van der Waals surface area contributed by atoms with E-state index in [2.05, 4.69) is 25.3 Å². The molecule has 180 valence electrons. The van der Waals surface area contributed by atoms with Gasteiger partial charge in [-0.05, 0) is 87.6 Å². The quantitative estimate of drug-likeness (QED) is 0.338. The molecule has 0 unspecified atom stereocenters. The third kappa shape index (κ3) is 5.53. The number of halogens is 1. The van der Waals surface area contributed by atoms with Crippen molar-refractivity contribution < 1.29 is 13.2 Å². The number of aromatic nitrogens is 2. The zero-order valence-electron chi connectivity index (χ0n) is 19.6. The summed E-state index contributed by atoms with van der Waals surface area (Å²) < 4.78 is 32.8. The molecule has 2 aromatic carbocycles. The van der Waals surface area contributed by atoms with Gasteiger partial charge in [0.15, 0.2) is 5.82 Å². The molecule has 0 bridgehead atoms. The maximum atomic E-state index is 12.2. The van der Waals surface area contributed by atoms with Gasteiger partial charge in [0.25, 0.3) is 0 Å². The molecule has 3 aromatic rings. The highest BCUT2D eigenvalue weighted by molar-refractivity contribution is 7.93. The summed E-state index contributed by atoms with van der Waals surface area (Å²) in [5.41, 5.74) is 5.02. The maximum absolute atomic E-state index is 12.2. The lowest BCUT2D eigenvalue weighted by Crippen LogP contribution is -2.17. The highest BCUT2D eigenvalue weighted by atomic mass is 35.5. The second-order valence-corrected chi connectivity index (χ2v) is 10.8. The summed E-state index contributed by atoms with van der Waals surface area (Å²) in [5, 5.41) is 6.53. The summed E-state index contributed by atoms with van der Waals surface area (Å²) in [7, 11) is -3.31. The minimum Gasteiger partial charge on any atom is -0.493 e. The van der Waals surface area contributed by atoms with Crippen LogP contribution in [0.25, 0.3) is 0 Å². The van der Waals surface area contributed by atoms with Crippen molar-refractivity contribution in [2.45, 2.75) is 45.8 Å². The first-order valence-corrected chi connectivity index (χ1v) is 13.0. The first-order chi connectivity index (χ1) is 16.2. The van der Waals surface area contributed by atoms with Crippen molar-refractivity contribution in [3.8, 4) is 5.75 Å². The van der Waals surface area contributed by atoms with Crippen LogP contribution in [0.3, 0.4) is 0 Å². The zero-order chi connectivity index (χ0) is 24.5. The van der Waals surface area contributed by atoms with Crippen molar-refractivity contribution in [1.29, 1.82) is 0 Å².